The Morgan fingerprint density at radius 2 is 0.725 bits per heavy atom. The number of fused-ring (bicyclic) bond motifs is 3. The first-order chi connectivity index (χ1) is 25.3. The van der Waals surface area contributed by atoms with E-state index in [9.17, 15) is 0 Å². The lowest BCUT2D eigenvalue weighted by molar-refractivity contribution is 0.669. The highest BCUT2D eigenvalue weighted by Gasteiger charge is 2.38. The lowest BCUT2D eigenvalue weighted by Crippen LogP contribution is -2.31. The SMILES string of the molecule is c1ccc(-c2ccc(N(c3ccc(C(c4ccccc4)(c4ccccc4)c4ccccc4)cc3)c3ccc4c(c3)oc3ccccc34)cc2)cc1. The fourth-order valence-electron chi connectivity index (χ4n) is 7.66. The van der Waals surface area contributed by atoms with E-state index in [1.165, 1.54) is 33.4 Å². The summed E-state index contributed by atoms with van der Waals surface area (Å²) >= 11 is 0. The van der Waals surface area contributed by atoms with Gasteiger partial charge in [-0.25, -0.2) is 0 Å². The summed E-state index contributed by atoms with van der Waals surface area (Å²) in [4.78, 5) is 2.32. The topological polar surface area (TPSA) is 16.4 Å². The van der Waals surface area contributed by atoms with Gasteiger partial charge < -0.3 is 9.32 Å². The third-order valence-electron chi connectivity index (χ3n) is 10.0. The van der Waals surface area contributed by atoms with Crippen molar-refractivity contribution >= 4 is 39.0 Å². The summed E-state index contributed by atoms with van der Waals surface area (Å²) in [6.07, 6.45) is 0. The Bertz CT molecular complexity index is 2440. The molecule has 9 rings (SSSR count). The van der Waals surface area contributed by atoms with E-state index < -0.39 is 5.41 Å². The van der Waals surface area contributed by atoms with Gasteiger partial charge in [0.15, 0.2) is 0 Å². The molecule has 0 unspecified atom stereocenters. The summed E-state index contributed by atoms with van der Waals surface area (Å²) in [7, 11) is 0. The van der Waals surface area contributed by atoms with E-state index in [1.54, 1.807) is 0 Å². The molecule has 1 aromatic heterocycles. The van der Waals surface area contributed by atoms with Crippen molar-refractivity contribution in [1.29, 1.82) is 0 Å². The monoisotopic (exact) mass is 653 g/mol. The van der Waals surface area contributed by atoms with Crippen LogP contribution in [-0.4, -0.2) is 0 Å². The second-order valence-corrected chi connectivity index (χ2v) is 12.9. The predicted octanol–water partition coefficient (Wildman–Crippen LogP) is 13.1. The van der Waals surface area contributed by atoms with Crippen LogP contribution in [0.5, 0.6) is 0 Å². The summed E-state index contributed by atoms with van der Waals surface area (Å²) in [6, 6.07) is 75.8. The summed E-state index contributed by atoms with van der Waals surface area (Å²) in [5.41, 5.74) is 11.6. The van der Waals surface area contributed by atoms with Crippen LogP contribution in [0.25, 0.3) is 33.1 Å². The Hall–Kier alpha value is -6.64. The molecule has 2 nitrogen and oxygen atoms in total. The molecule has 0 bridgehead atoms. The molecule has 0 spiro atoms. The summed E-state index contributed by atoms with van der Waals surface area (Å²) in [5.74, 6) is 0. The maximum atomic E-state index is 6.38. The van der Waals surface area contributed by atoms with Gasteiger partial charge in [0.05, 0.1) is 5.41 Å². The van der Waals surface area contributed by atoms with E-state index in [0.29, 0.717) is 0 Å². The Kier molecular flexibility index (Phi) is 7.75. The highest BCUT2D eigenvalue weighted by molar-refractivity contribution is 6.06. The average molecular weight is 654 g/mol. The van der Waals surface area contributed by atoms with Gasteiger partial charge in [-0.05, 0) is 75.8 Å². The zero-order chi connectivity index (χ0) is 34.0. The maximum absolute atomic E-state index is 6.38. The van der Waals surface area contributed by atoms with Crippen LogP contribution in [-0.2, 0) is 5.41 Å². The van der Waals surface area contributed by atoms with Crippen LogP contribution in [0.15, 0.2) is 217 Å². The van der Waals surface area contributed by atoms with E-state index in [0.717, 1.165) is 39.0 Å². The minimum Gasteiger partial charge on any atom is -0.456 e. The number of benzene rings is 8. The molecule has 0 aliphatic heterocycles. The van der Waals surface area contributed by atoms with Crippen molar-refractivity contribution in [3.05, 3.63) is 235 Å². The largest absolute Gasteiger partial charge is 0.456 e. The molecule has 0 aliphatic rings. The first-order valence-corrected chi connectivity index (χ1v) is 17.4. The molecule has 0 atom stereocenters. The van der Waals surface area contributed by atoms with E-state index in [1.807, 2.05) is 12.1 Å². The number of anilines is 3. The van der Waals surface area contributed by atoms with E-state index in [4.69, 9.17) is 4.42 Å². The normalized spacial score (nSPS) is 11.5. The van der Waals surface area contributed by atoms with Gasteiger partial charge >= 0.3 is 0 Å². The highest BCUT2D eigenvalue weighted by Crippen LogP contribution is 2.46. The second kappa shape index (κ2) is 13.0. The molecule has 0 N–H and O–H groups in total. The summed E-state index contributed by atoms with van der Waals surface area (Å²) < 4.78 is 6.38. The number of hydrogen-bond donors (Lipinski definition) is 0. The van der Waals surface area contributed by atoms with Gasteiger partial charge in [-0.15, -0.1) is 0 Å². The lowest BCUT2D eigenvalue weighted by atomic mass is 9.65. The van der Waals surface area contributed by atoms with Crippen LogP contribution in [0.2, 0.25) is 0 Å². The molecule has 0 aliphatic carbocycles. The molecule has 0 fully saturated rings. The molecule has 0 amide bonds. The molecule has 0 saturated carbocycles. The molecule has 51 heavy (non-hydrogen) atoms. The van der Waals surface area contributed by atoms with Crippen molar-refractivity contribution < 1.29 is 4.42 Å². The molecular formula is C49H35NO. The molecule has 0 radical (unpaired) electrons. The van der Waals surface area contributed by atoms with Crippen LogP contribution in [0, 0.1) is 0 Å². The third kappa shape index (κ3) is 5.39. The molecule has 9 aromatic rings. The van der Waals surface area contributed by atoms with E-state index in [-0.39, 0.29) is 0 Å². The minimum atomic E-state index is -0.516. The quantitative estimate of drug-likeness (QED) is 0.152. The number of nitrogens with zero attached hydrogens (tertiary/aromatic N) is 1. The minimum absolute atomic E-state index is 0.516. The zero-order valence-corrected chi connectivity index (χ0v) is 28.1. The number of furan rings is 1. The molecular weight excluding hydrogens is 619 g/mol. The van der Waals surface area contributed by atoms with Gasteiger partial charge in [-0.2, -0.15) is 0 Å². The first-order valence-electron chi connectivity index (χ1n) is 17.4. The van der Waals surface area contributed by atoms with Gasteiger partial charge in [0, 0.05) is 33.9 Å². The Labute approximate surface area is 298 Å². The van der Waals surface area contributed by atoms with Crippen LogP contribution < -0.4 is 4.90 Å². The van der Waals surface area contributed by atoms with Gasteiger partial charge in [0.1, 0.15) is 11.2 Å². The predicted molar refractivity (Wildman–Crippen MR) is 212 cm³/mol. The average Bonchev–Trinajstić information content (AvgIpc) is 3.59. The van der Waals surface area contributed by atoms with E-state index in [2.05, 4.69) is 205 Å². The summed E-state index contributed by atoms with van der Waals surface area (Å²) in [6.45, 7) is 0. The van der Waals surface area contributed by atoms with Crippen molar-refractivity contribution in [2.45, 2.75) is 5.41 Å². The Morgan fingerprint density at radius 3 is 1.29 bits per heavy atom. The van der Waals surface area contributed by atoms with Gasteiger partial charge in [0.2, 0.25) is 0 Å². The van der Waals surface area contributed by atoms with Crippen molar-refractivity contribution in [2.24, 2.45) is 0 Å². The zero-order valence-electron chi connectivity index (χ0n) is 28.1. The van der Waals surface area contributed by atoms with Crippen molar-refractivity contribution in [3.63, 3.8) is 0 Å². The number of hydrogen-bond acceptors (Lipinski definition) is 2. The van der Waals surface area contributed by atoms with Gasteiger partial charge in [-0.1, -0.05) is 164 Å². The van der Waals surface area contributed by atoms with Crippen LogP contribution in [0.3, 0.4) is 0 Å². The summed E-state index contributed by atoms with van der Waals surface area (Å²) in [5, 5.41) is 2.24. The van der Waals surface area contributed by atoms with Crippen LogP contribution in [0.1, 0.15) is 22.3 Å². The van der Waals surface area contributed by atoms with Crippen molar-refractivity contribution in [3.8, 4) is 11.1 Å². The Balaban J connectivity index is 1.22. The second-order valence-electron chi connectivity index (χ2n) is 12.9. The molecule has 242 valence electrons. The Morgan fingerprint density at radius 1 is 0.314 bits per heavy atom. The fourth-order valence-corrected chi connectivity index (χ4v) is 7.66. The third-order valence-corrected chi connectivity index (χ3v) is 10.0. The number of rotatable bonds is 8. The smallest absolute Gasteiger partial charge is 0.137 e. The lowest BCUT2D eigenvalue weighted by Gasteiger charge is -2.37. The van der Waals surface area contributed by atoms with Crippen molar-refractivity contribution in [2.75, 3.05) is 4.90 Å². The van der Waals surface area contributed by atoms with Crippen LogP contribution >= 0.6 is 0 Å². The highest BCUT2D eigenvalue weighted by atomic mass is 16.3. The fraction of sp³-hybridized carbons (Fsp3) is 0.0204. The first kappa shape index (κ1) is 30.4. The van der Waals surface area contributed by atoms with Crippen LogP contribution in [0.4, 0.5) is 17.1 Å². The molecule has 1 heterocycles. The molecule has 2 heteroatoms. The van der Waals surface area contributed by atoms with E-state index >= 15 is 0 Å². The molecule has 0 saturated heterocycles. The van der Waals surface area contributed by atoms with Gasteiger partial charge in [0.25, 0.3) is 0 Å². The van der Waals surface area contributed by atoms with Gasteiger partial charge in [-0.3, -0.25) is 0 Å². The van der Waals surface area contributed by atoms with Crippen molar-refractivity contribution in [1.82, 2.24) is 0 Å². The maximum Gasteiger partial charge on any atom is 0.137 e. The number of para-hydroxylation sites is 1. The standard InChI is InChI=1S/C49H35NO/c1-5-15-36(16-6-1)37-25-29-42(30-26-37)50(44-33-34-46-45-23-13-14-24-47(45)51-48(46)35-44)43-31-27-41(28-32-43)49(38-17-7-2-8-18-38,39-19-9-3-10-20-39)40-21-11-4-12-22-40/h1-35H. The molecule has 8 aromatic carbocycles.